The fourth-order valence-corrected chi connectivity index (χ4v) is 3.54. The second-order valence-corrected chi connectivity index (χ2v) is 7.46. The van der Waals surface area contributed by atoms with Crippen molar-refractivity contribution < 1.29 is 24.3 Å². The quantitative estimate of drug-likeness (QED) is 0.751. The zero-order chi connectivity index (χ0) is 19.3. The molecule has 0 bridgehead atoms. The van der Waals surface area contributed by atoms with Crippen molar-refractivity contribution in [2.75, 3.05) is 17.2 Å². The minimum absolute atomic E-state index is 0.0177. The standard InChI is InChI=1S/C18H22N2O5S/c1-11(21)20-10-14(8-18(24)25)15-7-13(3-4-16(15)20)9-19-17(23)5-6-26-12(2)22/h3-4,7,14H,5-6,8-10H2,1-2H3,(H,19,23)(H,24,25). The third-order valence-electron chi connectivity index (χ3n) is 4.15. The maximum Gasteiger partial charge on any atom is 0.304 e. The summed E-state index contributed by atoms with van der Waals surface area (Å²) < 4.78 is 0. The summed E-state index contributed by atoms with van der Waals surface area (Å²) in [5.41, 5.74) is 2.40. The van der Waals surface area contributed by atoms with E-state index in [9.17, 15) is 19.2 Å². The maximum atomic E-state index is 11.8. The molecule has 0 radical (unpaired) electrons. The molecule has 1 aliphatic rings. The number of aliphatic carboxylic acids is 1. The first-order valence-corrected chi connectivity index (χ1v) is 9.29. The predicted molar refractivity (Wildman–Crippen MR) is 99.1 cm³/mol. The molecule has 26 heavy (non-hydrogen) atoms. The topological polar surface area (TPSA) is 104 Å². The van der Waals surface area contributed by atoms with Crippen LogP contribution >= 0.6 is 11.8 Å². The summed E-state index contributed by atoms with van der Waals surface area (Å²) in [5.74, 6) is -0.989. The van der Waals surface area contributed by atoms with Crippen molar-refractivity contribution >= 4 is 40.3 Å². The number of carbonyl (C=O) groups is 4. The molecular weight excluding hydrogens is 356 g/mol. The SMILES string of the molecule is CC(=O)SCCC(=O)NCc1ccc2c(c1)C(CC(=O)O)CN2C(C)=O. The second kappa shape index (κ2) is 8.84. The van der Waals surface area contributed by atoms with Crippen molar-refractivity contribution in [1.82, 2.24) is 5.32 Å². The largest absolute Gasteiger partial charge is 0.481 e. The molecule has 0 aromatic heterocycles. The number of hydrogen-bond donors (Lipinski definition) is 2. The van der Waals surface area contributed by atoms with E-state index in [0.29, 0.717) is 18.8 Å². The summed E-state index contributed by atoms with van der Waals surface area (Å²) in [7, 11) is 0. The summed E-state index contributed by atoms with van der Waals surface area (Å²) in [6.07, 6.45) is 0.212. The molecule has 2 rings (SSSR count). The van der Waals surface area contributed by atoms with Gasteiger partial charge in [-0.15, -0.1) is 0 Å². The molecule has 140 valence electrons. The van der Waals surface area contributed by atoms with Crippen LogP contribution in [0.1, 0.15) is 43.7 Å². The molecule has 0 fully saturated rings. The molecule has 0 spiro atoms. The number of hydrogen-bond acceptors (Lipinski definition) is 5. The van der Waals surface area contributed by atoms with Crippen molar-refractivity contribution in [3.8, 4) is 0 Å². The van der Waals surface area contributed by atoms with Gasteiger partial charge in [0, 0.05) is 50.7 Å². The zero-order valence-corrected chi connectivity index (χ0v) is 15.6. The van der Waals surface area contributed by atoms with Gasteiger partial charge in [0.2, 0.25) is 11.8 Å². The lowest BCUT2D eigenvalue weighted by molar-refractivity contribution is -0.137. The van der Waals surface area contributed by atoms with Gasteiger partial charge in [-0.25, -0.2) is 0 Å². The van der Waals surface area contributed by atoms with Gasteiger partial charge in [-0.2, -0.15) is 0 Å². The molecular formula is C18H22N2O5S. The predicted octanol–water partition coefficient (Wildman–Crippen LogP) is 1.90. The molecule has 0 saturated heterocycles. The summed E-state index contributed by atoms with van der Waals surface area (Å²) in [6, 6.07) is 5.48. The number of anilines is 1. The number of amides is 2. The highest BCUT2D eigenvalue weighted by atomic mass is 32.2. The van der Waals surface area contributed by atoms with Crippen LogP contribution in [0.15, 0.2) is 18.2 Å². The summed E-state index contributed by atoms with van der Waals surface area (Å²) in [6.45, 7) is 3.59. The number of fused-ring (bicyclic) bond motifs is 1. The fourth-order valence-electron chi connectivity index (χ4n) is 2.96. The molecule has 1 aliphatic heterocycles. The van der Waals surface area contributed by atoms with E-state index < -0.39 is 5.97 Å². The van der Waals surface area contributed by atoms with Gasteiger partial charge < -0.3 is 15.3 Å². The lowest BCUT2D eigenvalue weighted by Gasteiger charge is -2.15. The number of nitrogens with one attached hydrogen (secondary N) is 1. The van der Waals surface area contributed by atoms with Crippen LogP contribution in [0, 0.1) is 0 Å². The normalized spacial score (nSPS) is 15.5. The van der Waals surface area contributed by atoms with Crippen molar-refractivity contribution in [2.24, 2.45) is 0 Å². The Bertz CT molecular complexity index is 734. The second-order valence-electron chi connectivity index (χ2n) is 6.18. The average molecular weight is 378 g/mol. The number of thioether (sulfide) groups is 1. The van der Waals surface area contributed by atoms with Gasteiger partial charge in [0.15, 0.2) is 5.12 Å². The van der Waals surface area contributed by atoms with E-state index in [-0.39, 0.29) is 35.7 Å². The van der Waals surface area contributed by atoms with E-state index in [4.69, 9.17) is 5.11 Å². The van der Waals surface area contributed by atoms with E-state index in [1.807, 2.05) is 12.1 Å². The Morgan fingerprint density at radius 1 is 1.27 bits per heavy atom. The summed E-state index contributed by atoms with van der Waals surface area (Å²) in [4.78, 5) is 47.1. The first kappa shape index (κ1) is 20.0. The number of benzene rings is 1. The number of carboxylic acids is 1. The number of rotatable bonds is 7. The maximum absolute atomic E-state index is 11.8. The highest BCUT2D eigenvalue weighted by molar-refractivity contribution is 8.13. The van der Waals surface area contributed by atoms with Crippen LogP contribution in [0.5, 0.6) is 0 Å². The molecule has 7 nitrogen and oxygen atoms in total. The van der Waals surface area contributed by atoms with Crippen molar-refractivity contribution in [1.29, 1.82) is 0 Å². The van der Waals surface area contributed by atoms with Gasteiger partial charge in [-0.1, -0.05) is 23.9 Å². The van der Waals surface area contributed by atoms with Crippen LogP contribution in [0.25, 0.3) is 0 Å². The Balaban J connectivity index is 2.04. The van der Waals surface area contributed by atoms with Gasteiger partial charge in [-0.3, -0.25) is 19.2 Å². The number of nitrogens with zero attached hydrogens (tertiary/aromatic N) is 1. The van der Waals surface area contributed by atoms with Crippen molar-refractivity contribution in [3.05, 3.63) is 29.3 Å². The van der Waals surface area contributed by atoms with Crippen LogP contribution in [0.2, 0.25) is 0 Å². The summed E-state index contributed by atoms with van der Waals surface area (Å²) in [5, 5.41) is 11.9. The van der Waals surface area contributed by atoms with Crippen molar-refractivity contribution in [3.63, 3.8) is 0 Å². The van der Waals surface area contributed by atoms with Gasteiger partial charge in [-0.05, 0) is 17.2 Å². The van der Waals surface area contributed by atoms with E-state index in [1.54, 1.807) is 11.0 Å². The lowest BCUT2D eigenvalue weighted by Crippen LogP contribution is -2.27. The molecule has 2 amide bonds. The molecule has 1 atom stereocenters. The van der Waals surface area contributed by atoms with Gasteiger partial charge in [0.05, 0.1) is 6.42 Å². The fraction of sp³-hybridized carbons (Fsp3) is 0.444. The van der Waals surface area contributed by atoms with Crippen LogP contribution in [-0.4, -0.2) is 40.3 Å². The highest BCUT2D eigenvalue weighted by Gasteiger charge is 2.32. The molecule has 1 aromatic carbocycles. The van der Waals surface area contributed by atoms with Gasteiger partial charge in [0.25, 0.3) is 0 Å². The van der Waals surface area contributed by atoms with Gasteiger partial charge >= 0.3 is 5.97 Å². The molecule has 1 unspecified atom stereocenters. The van der Waals surface area contributed by atoms with Crippen LogP contribution in [-0.2, 0) is 25.7 Å². The Hall–Kier alpha value is -2.35. The van der Waals surface area contributed by atoms with Crippen LogP contribution in [0.4, 0.5) is 5.69 Å². The minimum Gasteiger partial charge on any atom is -0.481 e. The summed E-state index contributed by atoms with van der Waals surface area (Å²) >= 11 is 1.11. The Kier molecular flexibility index (Phi) is 6.79. The zero-order valence-electron chi connectivity index (χ0n) is 14.8. The van der Waals surface area contributed by atoms with E-state index in [2.05, 4.69) is 5.32 Å². The van der Waals surface area contributed by atoms with Crippen molar-refractivity contribution in [2.45, 2.75) is 39.2 Å². The monoisotopic (exact) mass is 378 g/mol. The van der Waals surface area contributed by atoms with E-state index in [1.165, 1.54) is 13.8 Å². The molecule has 0 aliphatic carbocycles. The van der Waals surface area contributed by atoms with Gasteiger partial charge in [0.1, 0.15) is 0 Å². The smallest absolute Gasteiger partial charge is 0.304 e. The third kappa shape index (κ3) is 5.32. The Morgan fingerprint density at radius 2 is 2.00 bits per heavy atom. The Labute approximate surface area is 156 Å². The number of carbonyl (C=O) groups excluding carboxylic acids is 3. The minimum atomic E-state index is -0.909. The van der Waals surface area contributed by atoms with Crippen LogP contribution in [0.3, 0.4) is 0 Å². The van der Waals surface area contributed by atoms with E-state index >= 15 is 0 Å². The molecule has 0 saturated carbocycles. The first-order valence-electron chi connectivity index (χ1n) is 8.30. The molecule has 8 heteroatoms. The van der Waals surface area contributed by atoms with Crippen LogP contribution < -0.4 is 10.2 Å². The lowest BCUT2D eigenvalue weighted by atomic mass is 9.96. The van der Waals surface area contributed by atoms with E-state index in [0.717, 1.165) is 28.6 Å². The highest BCUT2D eigenvalue weighted by Crippen LogP contribution is 2.38. The third-order valence-corrected chi connectivity index (χ3v) is 4.97. The molecule has 1 aromatic rings. The first-order chi connectivity index (χ1) is 12.3. The Morgan fingerprint density at radius 3 is 2.62 bits per heavy atom. The molecule has 1 heterocycles. The number of carboxylic acid groups (broad SMARTS) is 1. The molecule has 2 N–H and O–H groups in total. The average Bonchev–Trinajstić information content (AvgIpc) is 2.90.